The third-order valence-corrected chi connectivity index (χ3v) is 1.73. The number of nitrogens with zero attached hydrogens (tertiary/aromatic N) is 2. The zero-order valence-electron chi connectivity index (χ0n) is 9.36. The summed E-state index contributed by atoms with van der Waals surface area (Å²) in [5, 5.41) is 3.24. The highest BCUT2D eigenvalue weighted by Crippen LogP contribution is 2.11. The van der Waals surface area contributed by atoms with E-state index in [0.717, 1.165) is 6.54 Å². The molecule has 0 atom stereocenters. The third kappa shape index (κ3) is 4.60. The van der Waals surface area contributed by atoms with Crippen LogP contribution in [0.5, 0.6) is 11.8 Å². The fourth-order valence-corrected chi connectivity index (χ4v) is 1.02. The average molecular weight is 211 g/mol. The molecule has 0 amide bonds. The topological polar surface area (TPSA) is 56.3 Å². The predicted octanol–water partition coefficient (Wildman–Crippen LogP) is 0.862. The maximum Gasteiger partial charge on any atom is 0.220 e. The van der Waals surface area contributed by atoms with Gasteiger partial charge in [-0.2, -0.15) is 0 Å². The van der Waals surface area contributed by atoms with Crippen LogP contribution in [0.1, 0.15) is 13.8 Å². The first kappa shape index (κ1) is 11.7. The highest BCUT2D eigenvalue weighted by molar-refractivity contribution is 5.17. The molecule has 0 aromatic carbocycles. The lowest BCUT2D eigenvalue weighted by molar-refractivity contribution is 0.293. The highest BCUT2D eigenvalue weighted by Gasteiger charge is 1.99. The Morgan fingerprint density at radius 1 is 1.33 bits per heavy atom. The molecule has 15 heavy (non-hydrogen) atoms. The standard InChI is InChI=1S/C10H17N3O2/c1-8(2)11-4-5-15-10-6-9(14-3)12-7-13-10/h6-8,11H,4-5H2,1-3H3. The van der Waals surface area contributed by atoms with E-state index in [0.29, 0.717) is 24.4 Å². The summed E-state index contributed by atoms with van der Waals surface area (Å²) in [7, 11) is 1.56. The molecule has 0 radical (unpaired) electrons. The van der Waals surface area contributed by atoms with E-state index in [1.165, 1.54) is 6.33 Å². The Balaban J connectivity index is 2.30. The van der Waals surface area contributed by atoms with Gasteiger partial charge in [0.25, 0.3) is 0 Å². The molecule has 0 aliphatic heterocycles. The molecule has 5 nitrogen and oxygen atoms in total. The van der Waals surface area contributed by atoms with Crippen molar-refractivity contribution in [2.24, 2.45) is 0 Å². The van der Waals surface area contributed by atoms with Gasteiger partial charge in [0.1, 0.15) is 12.9 Å². The number of nitrogens with one attached hydrogen (secondary N) is 1. The Labute approximate surface area is 89.8 Å². The second-order valence-electron chi connectivity index (χ2n) is 3.36. The third-order valence-electron chi connectivity index (χ3n) is 1.73. The van der Waals surface area contributed by atoms with Crippen molar-refractivity contribution >= 4 is 0 Å². The van der Waals surface area contributed by atoms with Gasteiger partial charge in [0.15, 0.2) is 0 Å². The summed E-state index contributed by atoms with van der Waals surface area (Å²) >= 11 is 0. The van der Waals surface area contributed by atoms with Crippen molar-refractivity contribution in [1.29, 1.82) is 0 Å². The van der Waals surface area contributed by atoms with Gasteiger partial charge in [0.2, 0.25) is 11.8 Å². The zero-order chi connectivity index (χ0) is 11.1. The van der Waals surface area contributed by atoms with Crippen LogP contribution in [0.25, 0.3) is 0 Å². The van der Waals surface area contributed by atoms with E-state index in [-0.39, 0.29) is 0 Å². The van der Waals surface area contributed by atoms with Crippen LogP contribution >= 0.6 is 0 Å². The fourth-order valence-electron chi connectivity index (χ4n) is 1.02. The van der Waals surface area contributed by atoms with Gasteiger partial charge in [-0.25, -0.2) is 9.97 Å². The SMILES string of the molecule is COc1cc(OCCNC(C)C)ncn1. The lowest BCUT2D eigenvalue weighted by Crippen LogP contribution is -2.27. The molecule has 1 rings (SSSR count). The summed E-state index contributed by atoms with van der Waals surface area (Å²) in [6.45, 7) is 5.56. The van der Waals surface area contributed by atoms with Gasteiger partial charge in [0, 0.05) is 12.6 Å². The zero-order valence-corrected chi connectivity index (χ0v) is 9.36. The first-order valence-electron chi connectivity index (χ1n) is 4.94. The quantitative estimate of drug-likeness (QED) is 0.707. The van der Waals surface area contributed by atoms with E-state index in [1.807, 2.05) is 0 Å². The number of hydrogen-bond acceptors (Lipinski definition) is 5. The van der Waals surface area contributed by atoms with Gasteiger partial charge >= 0.3 is 0 Å². The lowest BCUT2D eigenvalue weighted by Gasteiger charge is -2.09. The lowest BCUT2D eigenvalue weighted by atomic mass is 10.4. The molecule has 0 fully saturated rings. The van der Waals surface area contributed by atoms with Crippen LogP contribution in [0.2, 0.25) is 0 Å². The van der Waals surface area contributed by atoms with E-state index < -0.39 is 0 Å². The minimum Gasteiger partial charge on any atom is -0.481 e. The van der Waals surface area contributed by atoms with E-state index >= 15 is 0 Å². The predicted molar refractivity (Wildman–Crippen MR) is 57.2 cm³/mol. The maximum absolute atomic E-state index is 5.41. The highest BCUT2D eigenvalue weighted by atomic mass is 16.5. The van der Waals surface area contributed by atoms with E-state index in [2.05, 4.69) is 29.1 Å². The smallest absolute Gasteiger partial charge is 0.220 e. The van der Waals surface area contributed by atoms with Crippen molar-refractivity contribution in [2.45, 2.75) is 19.9 Å². The second kappa shape index (κ2) is 6.19. The number of aromatic nitrogens is 2. The molecule has 0 saturated carbocycles. The van der Waals surface area contributed by atoms with Crippen molar-refractivity contribution in [1.82, 2.24) is 15.3 Å². The first-order valence-corrected chi connectivity index (χ1v) is 4.94. The Morgan fingerprint density at radius 2 is 2.07 bits per heavy atom. The minimum absolute atomic E-state index is 0.466. The molecule has 1 N–H and O–H groups in total. The Morgan fingerprint density at radius 3 is 2.73 bits per heavy atom. The van der Waals surface area contributed by atoms with Gasteiger partial charge < -0.3 is 14.8 Å². The van der Waals surface area contributed by atoms with E-state index in [9.17, 15) is 0 Å². The molecule has 0 unspecified atom stereocenters. The molecule has 0 spiro atoms. The van der Waals surface area contributed by atoms with E-state index in [4.69, 9.17) is 9.47 Å². The Hall–Kier alpha value is -1.36. The maximum atomic E-state index is 5.41. The monoisotopic (exact) mass is 211 g/mol. The molecule has 1 aromatic rings. The molecular weight excluding hydrogens is 194 g/mol. The van der Waals surface area contributed by atoms with Crippen molar-refractivity contribution in [3.8, 4) is 11.8 Å². The molecule has 1 aromatic heterocycles. The molecule has 0 aliphatic carbocycles. The fraction of sp³-hybridized carbons (Fsp3) is 0.600. The van der Waals surface area contributed by atoms with Crippen LogP contribution in [0.3, 0.4) is 0 Å². The van der Waals surface area contributed by atoms with Crippen molar-refractivity contribution in [3.05, 3.63) is 12.4 Å². The van der Waals surface area contributed by atoms with Crippen molar-refractivity contribution < 1.29 is 9.47 Å². The van der Waals surface area contributed by atoms with E-state index in [1.54, 1.807) is 13.2 Å². The average Bonchev–Trinajstić information content (AvgIpc) is 2.24. The largest absolute Gasteiger partial charge is 0.481 e. The van der Waals surface area contributed by atoms with Crippen LogP contribution in [-0.2, 0) is 0 Å². The molecule has 1 heterocycles. The molecule has 0 saturated heterocycles. The van der Waals surface area contributed by atoms with Gasteiger partial charge in [0.05, 0.1) is 13.2 Å². The first-order chi connectivity index (χ1) is 7.22. The second-order valence-corrected chi connectivity index (χ2v) is 3.36. The summed E-state index contributed by atoms with van der Waals surface area (Å²) < 4.78 is 10.4. The molecule has 0 bridgehead atoms. The normalized spacial score (nSPS) is 10.4. The Kier molecular flexibility index (Phi) is 4.83. The van der Waals surface area contributed by atoms with Crippen LogP contribution in [0, 0.1) is 0 Å². The summed E-state index contributed by atoms with van der Waals surface area (Å²) in [6.07, 6.45) is 1.42. The molecular formula is C10H17N3O2. The summed E-state index contributed by atoms with van der Waals surface area (Å²) in [6, 6.07) is 2.13. The van der Waals surface area contributed by atoms with Gasteiger partial charge in [-0.05, 0) is 0 Å². The van der Waals surface area contributed by atoms with Gasteiger partial charge in [-0.1, -0.05) is 13.8 Å². The summed E-state index contributed by atoms with van der Waals surface area (Å²) in [4.78, 5) is 7.85. The number of ether oxygens (including phenoxy) is 2. The number of methoxy groups -OCH3 is 1. The van der Waals surface area contributed by atoms with Crippen LogP contribution in [-0.4, -0.2) is 36.3 Å². The van der Waals surface area contributed by atoms with Gasteiger partial charge in [-0.15, -0.1) is 0 Å². The Bertz CT molecular complexity index is 292. The number of rotatable bonds is 6. The molecule has 0 aliphatic rings. The van der Waals surface area contributed by atoms with Crippen LogP contribution in [0.15, 0.2) is 12.4 Å². The summed E-state index contributed by atoms with van der Waals surface area (Å²) in [5.41, 5.74) is 0. The van der Waals surface area contributed by atoms with Crippen molar-refractivity contribution in [2.75, 3.05) is 20.3 Å². The minimum atomic E-state index is 0.466. The molecule has 84 valence electrons. The van der Waals surface area contributed by atoms with Crippen molar-refractivity contribution in [3.63, 3.8) is 0 Å². The van der Waals surface area contributed by atoms with Crippen LogP contribution < -0.4 is 14.8 Å². The molecule has 5 heteroatoms. The number of hydrogen-bond donors (Lipinski definition) is 1. The summed E-state index contributed by atoms with van der Waals surface area (Å²) in [5.74, 6) is 1.05. The van der Waals surface area contributed by atoms with Crippen LogP contribution in [0.4, 0.5) is 0 Å². The van der Waals surface area contributed by atoms with Gasteiger partial charge in [-0.3, -0.25) is 0 Å².